The molecule has 7 heteroatoms. The fourth-order valence-electron chi connectivity index (χ4n) is 2.25. The Balaban J connectivity index is 1.89. The Morgan fingerprint density at radius 2 is 1.85 bits per heavy atom. The van der Waals surface area contributed by atoms with E-state index >= 15 is 0 Å². The van der Waals surface area contributed by atoms with Gasteiger partial charge in [-0.25, -0.2) is 0 Å². The minimum atomic E-state index is -0.302. The molecule has 0 fully saturated rings. The van der Waals surface area contributed by atoms with Gasteiger partial charge in [-0.05, 0) is 67.9 Å². The van der Waals surface area contributed by atoms with Crippen LogP contribution in [0.4, 0.5) is 5.69 Å². The van der Waals surface area contributed by atoms with Gasteiger partial charge in [-0.3, -0.25) is 14.9 Å². The molecule has 0 radical (unpaired) electrons. The first kappa shape index (κ1) is 19.8. The van der Waals surface area contributed by atoms with Crippen molar-refractivity contribution in [2.45, 2.75) is 13.8 Å². The Bertz CT molecular complexity index is 780. The lowest BCUT2D eigenvalue weighted by Crippen LogP contribution is -2.33. The summed E-state index contributed by atoms with van der Waals surface area (Å²) in [4.78, 5) is 26.9. The third-order valence-electron chi connectivity index (χ3n) is 3.62. The summed E-state index contributed by atoms with van der Waals surface area (Å²) in [6.07, 6.45) is 3.17. The zero-order valence-corrected chi connectivity index (χ0v) is 16.3. The molecule has 5 nitrogen and oxygen atoms in total. The summed E-state index contributed by atoms with van der Waals surface area (Å²) in [5.41, 5.74) is 1.32. The maximum absolute atomic E-state index is 12.3. The zero-order valence-electron chi connectivity index (χ0n) is 14.7. The molecule has 1 heterocycles. The average Bonchev–Trinajstić information content (AvgIpc) is 3.15. The standard InChI is InChI=1S/C19H21N3O2S2/c1-3-22(4-2)18(24)14-7-9-15(10-8-14)20-19(25)21-17(23)12-11-16-6-5-13-26-16/h5-13H,3-4H2,1-2H3,(H2,20,21,23,25)/b12-11+. The van der Waals surface area contributed by atoms with E-state index in [0.29, 0.717) is 24.3 Å². The molecular weight excluding hydrogens is 366 g/mol. The predicted octanol–water partition coefficient (Wildman–Crippen LogP) is 3.76. The minimum Gasteiger partial charge on any atom is -0.339 e. The molecular formula is C19H21N3O2S2. The van der Waals surface area contributed by atoms with Crippen molar-refractivity contribution in [3.8, 4) is 0 Å². The second-order valence-corrected chi connectivity index (χ2v) is 6.73. The van der Waals surface area contributed by atoms with Gasteiger partial charge in [0.05, 0.1) is 0 Å². The normalized spacial score (nSPS) is 10.5. The molecule has 0 aliphatic heterocycles. The molecule has 1 aromatic heterocycles. The van der Waals surface area contributed by atoms with E-state index in [9.17, 15) is 9.59 Å². The van der Waals surface area contributed by atoms with E-state index in [1.165, 1.54) is 6.08 Å². The Morgan fingerprint density at radius 3 is 2.42 bits per heavy atom. The fourth-order valence-corrected chi connectivity index (χ4v) is 3.09. The van der Waals surface area contributed by atoms with Crippen LogP contribution in [0.25, 0.3) is 6.08 Å². The van der Waals surface area contributed by atoms with Crippen LogP contribution in [-0.4, -0.2) is 34.9 Å². The quantitative estimate of drug-likeness (QED) is 0.585. The summed E-state index contributed by atoms with van der Waals surface area (Å²) in [6, 6.07) is 10.8. The fraction of sp³-hybridized carbons (Fsp3) is 0.211. The molecule has 0 aliphatic rings. The summed E-state index contributed by atoms with van der Waals surface area (Å²) in [5, 5.41) is 7.67. The highest BCUT2D eigenvalue weighted by molar-refractivity contribution is 7.80. The molecule has 0 atom stereocenters. The molecule has 0 unspecified atom stereocenters. The topological polar surface area (TPSA) is 61.4 Å². The zero-order chi connectivity index (χ0) is 18.9. The van der Waals surface area contributed by atoms with Crippen molar-refractivity contribution >= 4 is 52.2 Å². The van der Waals surface area contributed by atoms with Crippen LogP contribution in [0.5, 0.6) is 0 Å². The van der Waals surface area contributed by atoms with Crippen LogP contribution >= 0.6 is 23.6 Å². The molecule has 0 spiro atoms. The van der Waals surface area contributed by atoms with Crippen LogP contribution in [0.2, 0.25) is 0 Å². The van der Waals surface area contributed by atoms with Gasteiger partial charge < -0.3 is 10.2 Å². The average molecular weight is 388 g/mol. The summed E-state index contributed by atoms with van der Waals surface area (Å²) in [7, 11) is 0. The SMILES string of the molecule is CCN(CC)C(=O)c1ccc(NC(=S)NC(=O)/C=C/c2cccs2)cc1. The van der Waals surface area contributed by atoms with Crippen LogP contribution in [0, 0.1) is 0 Å². The number of hydrogen-bond acceptors (Lipinski definition) is 4. The molecule has 2 rings (SSSR count). The number of anilines is 1. The lowest BCUT2D eigenvalue weighted by atomic mass is 10.2. The van der Waals surface area contributed by atoms with E-state index in [-0.39, 0.29) is 16.9 Å². The highest BCUT2D eigenvalue weighted by atomic mass is 32.1. The van der Waals surface area contributed by atoms with Crippen molar-refractivity contribution in [3.63, 3.8) is 0 Å². The van der Waals surface area contributed by atoms with Crippen molar-refractivity contribution in [2.24, 2.45) is 0 Å². The molecule has 0 bridgehead atoms. The molecule has 1 aromatic carbocycles. The summed E-state index contributed by atoms with van der Waals surface area (Å²) in [6.45, 7) is 5.24. The van der Waals surface area contributed by atoms with E-state index in [1.807, 2.05) is 31.4 Å². The first-order chi connectivity index (χ1) is 12.5. The van der Waals surface area contributed by atoms with Gasteiger partial charge in [-0.1, -0.05) is 6.07 Å². The van der Waals surface area contributed by atoms with Crippen LogP contribution in [-0.2, 0) is 4.79 Å². The molecule has 0 saturated heterocycles. The van der Waals surface area contributed by atoms with E-state index in [0.717, 1.165) is 4.88 Å². The largest absolute Gasteiger partial charge is 0.339 e. The molecule has 0 aliphatic carbocycles. The second kappa shape index (κ2) is 9.84. The Hall–Kier alpha value is -2.51. The van der Waals surface area contributed by atoms with Crippen molar-refractivity contribution in [2.75, 3.05) is 18.4 Å². The van der Waals surface area contributed by atoms with Crippen LogP contribution in [0.15, 0.2) is 47.9 Å². The predicted molar refractivity (Wildman–Crippen MR) is 111 cm³/mol. The highest BCUT2D eigenvalue weighted by Crippen LogP contribution is 2.12. The van der Waals surface area contributed by atoms with Crippen molar-refractivity contribution in [1.82, 2.24) is 10.2 Å². The van der Waals surface area contributed by atoms with Gasteiger partial charge in [0.1, 0.15) is 0 Å². The highest BCUT2D eigenvalue weighted by Gasteiger charge is 2.12. The number of nitrogens with zero attached hydrogens (tertiary/aromatic N) is 1. The van der Waals surface area contributed by atoms with E-state index in [2.05, 4.69) is 10.6 Å². The maximum Gasteiger partial charge on any atom is 0.253 e. The third-order valence-corrected chi connectivity index (χ3v) is 4.66. The van der Waals surface area contributed by atoms with Crippen LogP contribution < -0.4 is 10.6 Å². The first-order valence-electron chi connectivity index (χ1n) is 8.26. The van der Waals surface area contributed by atoms with E-state index < -0.39 is 0 Å². The number of carbonyl (C=O) groups excluding carboxylic acids is 2. The molecule has 2 amide bonds. The van der Waals surface area contributed by atoms with Gasteiger partial charge in [0.25, 0.3) is 5.91 Å². The van der Waals surface area contributed by atoms with Crippen molar-refractivity contribution in [3.05, 3.63) is 58.3 Å². The molecule has 0 saturated carbocycles. The summed E-state index contributed by atoms with van der Waals surface area (Å²) < 4.78 is 0. The van der Waals surface area contributed by atoms with Gasteiger partial charge in [-0.15, -0.1) is 11.3 Å². The number of amides is 2. The monoisotopic (exact) mass is 387 g/mol. The number of benzene rings is 1. The third kappa shape index (κ3) is 5.79. The number of thiophene rings is 1. The van der Waals surface area contributed by atoms with Crippen LogP contribution in [0.3, 0.4) is 0 Å². The van der Waals surface area contributed by atoms with Crippen molar-refractivity contribution < 1.29 is 9.59 Å². The molecule has 2 N–H and O–H groups in total. The second-order valence-electron chi connectivity index (χ2n) is 5.35. The van der Waals surface area contributed by atoms with Gasteiger partial charge in [0.2, 0.25) is 5.91 Å². The van der Waals surface area contributed by atoms with Crippen LogP contribution in [0.1, 0.15) is 29.1 Å². The molecule has 26 heavy (non-hydrogen) atoms. The number of carbonyl (C=O) groups is 2. The molecule has 136 valence electrons. The smallest absolute Gasteiger partial charge is 0.253 e. The number of nitrogens with one attached hydrogen (secondary N) is 2. The number of rotatable bonds is 6. The van der Waals surface area contributed by atoms with Gasteiger partial charge in [0, 0.05) is 35.3 Å². The summed E-state index contributed by atoms with van der Waals surface area (Å²) in [5.74, 6) is -0.305. The maximum atomic E-state index is 12.3. The van der Waals surface area contributed by atoms with Gasteiger partial charge >= 0.3 is 0 Å². The van der Waals surface area contributed by atoms with Gasteiger partial charge in [-0.2, -0.15) is 0 Å². The lowest BCUT2D eigenvalue weighted by molar-refractivity contribution is -0.115. The van der Waals surface area contributed by atoms with E-state index in [4.69, 9.17) is 12.2 Å². The van der Waals surface area contributed by atoms with Gasteiger partial charge in [0.15, 0.2) is 5.11 Å². The first-order valence-corrected chi connectivity index (χ1v) is 9.55. The Kier molecular flexibility index (Phi) is 7.50. The number of thiocarbonyl (C=S) groups is 1. The Labute approximate surface area is 162 Å². The number of hydrogen-bond donors (Lipinski definition) is 2. The van der Waals surface area contributed by atoms with Crippen molar-refractivity contribution in [1.29, 1.82) is 0 Å². The lowest BCUT2D eigenvalue weighted by Gasteiger charge is -2.18. The Morgan fingerprint density at radius 1 is 1.15 bits per heavy atom. The molecule has 2 aromatic rings. The van der Waals surface area contributed by atoms with E-state index in [1.54, 1.807) is 46.6 Å². The summed E-state index contributed by atoms with van der Waals surface area (Å²) >= 11 is 6.69. The minimum absolute atomic E-state index is 0.00357.